The third-order valence-corrected chi connectivity index (χ3v) is 3.37. The van der Waals surface area contributed by atoms with E-state index in [0.717, 1.165) is 25.3 Å². The molecule has 0 fully saturated rings. The third-order valence-electron chi connectivity index (χ3n) is 3.37. The Hall–Kier alpha value is -3.01. The molecule has 24 heavy (non-hydrogen) atoms. The van der Waals surface area contributed by atoms with E-state index in [-0.39, 0.29) is 42.3 Å². The molecule has 1 amide bonds. The Morgan fingerprint density at radius 3 is 2.83 bits per heavy atom. The van der Waals surface area contributed by atoms with Crippen molar-refractivity contribution >= 4 is 23.3 Å². The number of rotatable bonds is 6. The fraction of sp³-hybridized carbons (Fsp3) is 0.286. The van der Waals surface area contributed by atoms with Crippen molar-refractivity contribution in [2.24, 2.45) is 0 Å². The molecular weight excluding hydrogens is 325 g/mol. The molecule has 0 spiro atoms. The Bertz CT molecular complexity index is 733. The summed E-state index contributed by atoms with van der Waals surface area (Å²) in [5.41, 5.74) is -0.992. The zero-order valence-electron chi connectivity index (χ0n) is 12.6. The Morgan fingerprint density at radius 2 is 2.25 bits per heavy atom. The van der Waals surface area contributed by atoms with Crippen molar-refractivity contribution in [1.29, 1.82) is 0 Å². The molecule has 0 atom stereocenters. The molecule has 9 nitrogen and oxygen atoms in total. The van der Waals surface area contributed by atoms with Crippen LogP contribution in [0.15, 0.2) is 29.5 Å². The molecule has 128 valence electrons. The van der Waals surface area contributed by atoms with E-state index in [2.05, 4.69) is 10.1 Å². The van der Waals surface area contributed by atoms with Gasteiger partial charge in [-0.3, -0.25) is 14.9 Å². The van der Waals surface area contributed by atoms with Crippen molar-refractivity contribution in [3.05, 3.63) is 45.4 Å². The van der Waals surface area contributed by atoms with Crippen LogP contribution in [0.4, 0.5) is 15.8 Å². The molecule has 2 N–H and O–H groups in total. The van der Waals surface area contributed by atoms with E-state index in [1.54, 1.807) is 0 Å². The number of hydrogen-bond donors (Lipinski definition) is 2. The number of carbonyl (C=O) groups is 2. The van der Waals surface area contributed by atoms with E-state index in [4.69, 9.17) is 5.11 Å². The zero-order chi connectivity index (χ0) is 17.9. The number of aliphatic hydroxyl groups is 1. The highest BCUT2D eigenvalue weighted by atomic mass is 19.1. The van der Waals surface area contributed by atoms with Crippen molar-refractivity contribution in [1.82, 2.24) is 4.90 Å². The summed E-state index contributed by atoms with van der Waals surface area (Å²) in [6.45, 7) is -0.467. The fourth-order valence-electron chi connectivity index (χ4n) is 2.21. The van der Waals surface area contributed by atoms with E-state index in [1.807, 2.05) is 0 Å². The topological polar surface area (TPSA) is 122 Å². The Kier molecular flexibility index (Phi) is 5.09. The molecular formula is C14H14FN3O6. The van der Waals surface area contributed by atoms with Gasteiger partial charge in [0.05, 0.1) is 36.4 Å². The van der Waals surface area contributed by atoms with Crippen LogP contribution in [0, 0.1) is 15.9 Å². The monoisotopic (exact) mass is 339 g/mol. The van der Waals surface area contributed by atoms with E-state index < -0.39 is 22.6 Å². The van der Waals surface area contributed by atoms with Crippen LogP contribution >= 0.6 is 0 Å². The number of hydrogen-bond acceptors (Lipinski definition) is 7. The highest BCUT2D eigenvalue weighted by molar-refractivity contribution is 6.08. The number of amides is 1. The lowest BCUT2D eigenvalue weighted by atomic mass is 10.2. The lowest BCUT2D eigenvalue weighted by Gasteiger charge is -2.15. The molecule has 1 aliphatic heterocycles. The van der Waals surface area contributed by atoms with Crippen LogP contribution in [0.5, 0.6) is 0 Å². The van der Waals surface area contributed by atoms with Crippen molar-refractivity contribution < 1.29 is 28.7 Å². The minimum Gasteiger partial charge on any atom is -0.466 e. The maximum absolute atomic E-state index is 13.9. The second-order valence-corrected chi connectivity index (χ2v) is 4.84. The Morgan fingerprint density at radius 1 is 1.54 bits per heavy atom. The lowest BCUT2D eigenvalue weighted by Crippen LogP contribution is -2.31. The summed E-state index contributed by atoms with van der Waals surface area (Å²) in [7, 11) is 1.13. The number of nitro groups is 1. The predicted octanol–water partition coefficient (Wildman–Crippen LogP) is 0.407. The van der Waals surface area contributed by atoms with Gasteiger partial charge in [0, 0.05) is 18.7 Å². The average molecular weight is 339 g/mol. The van der Waals surface area contributed by atoms with Crippen LogP contribution in [-0.2, 0) is 14.3 Å². The van der Waals surface area contributed by atoms with Gasteiger partial charge >= 0.3 is 5.97 Å². The second-order valence-electron chi connectivity index (χ2n) is 4.84. The van der Waals surface area contributed by atoms with Gasteiger partial charge in [-0.2, -0.15) is 0 Å². The molecule has 0 radical (unpaired) electrons. The van der Waals surface area contributed by atoms with Crippen LogP contribution < -0.4 is 5.32 Å². The molecule has 0 saturated carbocycles. The molecule has 2 rings (SSSR count). The van der Waals surface area contributed by atoms with Crippen molar-refractivity contribution in [2.45, 2.75) is 0 Å². The summed E-state index contributed by atoms with van der Waals surface area (Å²) >= 11 is 0. The van der Waals surface area contributed by atoms with E-state index >= 15 is 0 Å². The quantitative estimate of drug-likeness (QED) is 0.437. The maximum Gasteiger partial charge on any atom is 0.337 e. The average Bonchev–Trinajstić information content (AvgIpc) is 2.85. The third kappa shape index (κ3) is 3.33. The second kappa shape index (κ2) is 7.04. The number of nitrogens with zero attached hydrogens (tertiary/aromatic N) is 2. The minimum atomic E-state index is -0.828. The minimum absolute atomic E-state index is 0.0259. The van der Waals surface area contributed by atoms with Gasteiger partial charge < -0.3 is 20.1 Å². The predicted molar refractivity (Wildman–Crippen MR) is 79.4 cm³/mol. The van der Waals surface area contributed by atoms with Crippen LogP contribution in [-0.4, -0.2) is 53.6 Å². The highest BCUT2D eigenvalue weighted by Gasteiger charge is 2.35. The summed E-state index contributed by atoms with van der Waals surface area (Å²) in [6, 6.07) is 2.77. The maximum atomic E-state index is 13.9. The summed E-state index contributed by atoms with van der Waals surface area (Å²) in [5.74, 6) is -2.27. The molecule has 0 bridgehead atoms. The lowest BCUT2D eigenvalue weighted by molar-refractivity contribution is -0.384. The molecule has 1 aromatic rings. The van der Waals surface area contributed by atoms with Gasteiger partial charge in [-0.1, -0.05) is 0 Å². The largest absolute Gasteiger partial charge is 0.466 e. The molecule has 0 aliphatic carbocycles. The van der Waals surface area contributed by atoms with Gasteiger partial charge in [0.15, 0.2) is 0 Å². The normalized spacial score (nSPS) is 14.1. The summed E-state index contributed by atoms with van der Waals surface area (Å²) in [6.07, 6.45) is 0. The zero-order valence-corrected chi connectivity index (χ0v) is 12.6. The van der Waals surface area contributed by atoms with Gasteiger partial charge in [0.2, 0.25) is 0 Å². The molecule has 1 heterocycles. The van der Waals surface area contributed by atoms with Gasteiger partial charge in [-0.15, -0.1) is 0 Å². The number of ether oxygens (including phenoxy) is 1. The van der Waals surface area contributed by atoms with Crippen LogP contribution in [0.25, 0.3) is 0 Å². The number of halogens is 1. The molecule has 1 aromatic carbocycles. The number of non-ortho nitro benzene ring substituents is 1. The molecule has 10 heteroatoms. The van der Waals surface area contributed by atoms with Gasteiger partial charge in [-0.25, -0.2) is 9.18 Å². The van der Waals surface area contributed by atoms with Crippen LogP contribution in [0.1, 0.15) is 0 Å². The Balaban J connectivity index is 2.40. The van der Waals surface area contributed by atoms with Gasteiger partial charge in [-0.05, 0) is 6.07 Å². The standard InChI is InChI=1S/C14H14FN3O6/c1-24-14(21)9-7-17(4-5-19)13(20)12(9)16-11-6-8(18(22)23)2-3-10(11)15/h2-3,6,16,19H,4-5,7H2,1H3. The van der Waals surface area contributed by atoms with Gasteiger partial charge in [0.1, 0.15) is 11.5 Å². The number of carbonyl (C=O) groups excluding carboxylic acids is 2. The van der Waals surface area contributed by atoms with E-state index in [1.165, 1.54) is 4.90 Å². The van der Waals surface area contributed by atoms with Crippen molar-refractivity contribution in [3.63, 3.8) is 0 Å². The first kappa shape index (κ1) is 17.3. The number of benzene rings is 1. The fourth-order valence-corrected chi connectivity index (χ4v) is 2.21. The highest BCUT2D eigenvalue weighted by Crippen LogP contribution is 2.26. The first-order chi connectivity index (χ1) is 11.4. The summed E-state index contributed by atoms with van der Waals surface area (Å²) < 4.78 is 18.5. The number of esters is 1. The first-order valence-electron chi connectivity index (χ1n) is 6.81. The van der Waals surface area contributed by atoms with Crippen molar-refractivity contribution in [3.8, 4) is 0 Å². The molecule has 1 aliphatic rings. The smallest absolute Gasteiger partial charge is 0.337 e. The SMILES string of the molecule is COC(=O)C1=C(Nc2cc([N+](=O)[O-])ccc2F)C(=O)N(CCO)C1. The van der Waals surface area contributed by atoms with Crippen LogP contribution in [0.3, 0.4) is 0 Å². The summed E-state index contributed by atoms with van der Waals surface area (Å²) in [4.78, 5) is 35.3. The van der Waals surface area contributed by atoms with Crippen molar-refractivity contribution in [2.75, 3.05) is 32.1 Å². The van der Waals surface area contributed by atoms with E-state index in [9.17, 15) is 24.1 Å². The number of methoxy groups -OCH3 is 1. The molecule has 0 aromatic heterocycles. The number of nitro benzene ring substituents is 1. The van der Waals surface area contributed by atoms with Crippen LogP contribution in [0.2, 0.25) is 0 Å². The molecule has 0 saturated heterocycles. The number of aliphatic hydroxyl groups excluding tert-OH is 1. The first-order valence-corrected chi connectivity index (χ1v) is 6.81. The number of β-amino-alcohol motifs (C(OH)–C–C–N with tert-alkyl or cyclic N) is 1. The van der Waals surface area contributed by atoms with E-state index in [0.29, 0.717) is 0 Å². The number of anilines is 1. The Labute approximate surface area is 135 Å². The number of nitrogens with one attached hydrogen (secondary N) is 1. The molecule has 0 unspecified atom stereocenters. The van der Waals surface area contributed by atoms with Gasteiger partial charge in [0.25, 0.3) is 11.6 Å². The summed E-state index contributed by atoms with van der Waals surface area (Å²) in [5, 5.41) is 22.2.